The van der Waals surface area contributed by atoms with Crippen LogP contribution in [-0.4, -0.2) is 40.4 Å². The third-order valence-corrected chi connectivity index (χ3v) is 6.05. The van der Waals surface area contributed by atoms with Crippen LogP contribution in [0.2, 0.25) is 0 Å². The second kappa shape index (κ2) is 7.41. The van der Waals surface area contributed by atoms with Crippen molar-refractivity contribution in [2.45, 2.75) is 26.2 Å². The molecule has 1 aromatic carbocycles. The molecule has 3 aromatic rings. The molecule has 134 valence electrons. The maximum Gasteiger partial charge on any atom is 0.264 e. The van der Waals surface area contributed by atoms with E-state index < -0.39 is 0 Å². The van der Waals surface area contributed by atoms with E-state index in [1.807, 2.05) is 17.9 Å². The molecule has 0 radical (unpaired) electrons. The van der Waals surface area contributed by atoms with E-state index >= 15 is 0 Å². The lowest BCUT2D eigenvalue weighted by Gasteiger charge is -2.14. The Bertz CT molecular complexity index is 916. The number of carbonyl (C=O) groups excluding carboxylic acids is 1. The Morgan fingerprint density at radius 1 is 1.19 bits per heavy atom. The highest BCUT2D eigenvalue weighted by Gasteiger charge is 2.25. The van der Waals surface area contributed by atoms with Crippen LogP contribution >= 0.6 is 11.3 Å². The number of rotatable bonds is 5. The summed E-state index contributed by atoms with van der Waals surface area (Å²) >= 11 is 1.48. The van der Waals surface area contributed by atoms with E-state index in [1.165, 1.54) is 16.9 Å². The number of hydrogen-bond donors (Lipinski definition) is 1. The fraction of sp³-hybridized carbons (Fsp3) is 0.350. The van der Waals surface area contributed by atoms with Gasteiger partial charge in [-0.2, -0.15) is 0 Å². The molecular formula is C20H22N4OS. The number of aryl methyl sites for hydroxylation is 1. The van der Waals surface area contributed by atoms with Crippen LogP contribution in [0.25, 0.3) is 10.2 Å². The van der Waals surface area contributed by atoms with Crippen molar-refractivity contribution in [3.8, 4) is 0 Å². The molecule has 2 aromatic heterocycles. The fourth-order valence-electron chi connectivity index (χ4n) is 3.44. The van der Waals surface area contributed by atoms with Gasteiger partial charge in [0.25, 0.3) is 5.91 Å². The summed E-state index contributed by atoms with van der Waals surface area (Å²) in [6.07, 6.45) is 4.70. The van der Waals surface area contributed by atoms with Crippen LogP contribution in [0.5, 0.6) is 0 Å². The van der Waals surface area contributed by atoms with Crippen molar-refractivity contribution in [3.63, 3.8) is 0 Å². The molecule has 0 saturated carbocycles. The lowest BCUT2D eigenvalue weighted by Crippen LogP contribution is -2.27. The van der Waals surface area contributed by atoms with Gasteiger partial charge in [0.2, 0.25) is 0 Å². The molecule has 4 rings (SSSR count). The molecule has 1 fully saturated rings. The van der Waals surface area contributed by atoms with Crippen LogP contribution in [0.4, 0.5) is 5.82 Å². The van der Waals surface area contributed by atoms with Crippen molar-refractivity contribution >= 4 is 33.3 Å². The maximum absolute atomic E-state index is 12.8. The lowest BCUT2D eigenvalue weighted by atomic mass is 10.1. The lowest BCUT2D eigenvalue weighted by molar-refractivity contribution is 0.0797. The SMILES string of the molecule is Cc1c(C(=O)N2CCCC2)sc2ncnc(NCCc3ccccc3)c12. The molecule has 6 heteroatoms. The summed E-state index contributed by atoms with van der Waals surface area (Å²) in [5, 5.41) is 4.41. The predicted molar refractivity (Wildman–Crippen MR) is 106 cm³/mol. The second-order valence-electron chi connectivity index (χ2n) is 6.62. The third-order valence-electron chi connectivity index (χ3n) is 4.86. The largest absolute Gasteiger partial charge is 0.369 e. The first-order valence-electron chi connectivity index (χ1n) is 9.05. The van der Waals surface area contributed by atoms with Gasteiger partial charge < -0.3 is 10.2 Å². The first kappa shape index (κ1) is 17.0. The fourth-order valence-corrected chi connectivity index (χ4v) is 4.56. The van der Waals surface area contributed by atoms with Gasteiger partial charge in [0, 0.05) is 19.6 Å². The zero-order valence-corrected chi connectivity index (χ0v) is 15.7. The number of benzene rings is 1. The highest BCUT2D eigenvalue weighted by Crippen LogP contribution is 2.34. The van der Waals surface area contributed by atoms with Crippen LogP contribution in [0, 0.1) is 6.92 Å². The predicted octanol–water partition coefficient (Wildman–Crippen LogP) is 3.89. The number of nitrogens with one attached hydrogen (secondary N) is 1. The number of aromatic nitrogens is 2. The molecular weight excluding hydrogens is 344 g/mol. The highest BCUT2D eigenvalue weighted by atomic mass is 32.1. The quantitative estimate of drug-likeness (QED) is 0.744. The summed E-state index contributed by atoms with van der Waals surface area (Å²) in [6, 6.07) is 10.4. The number of nitrogens with zero attached hydrogens (tertiary/aromatic N) is 3. The molecule has 0 atom stereocenters. The van der Waals surface area contributed by atoms with E-state index in [0.29, 0.717) is 0 Å². The number of fused-ring (bicyclic) bond motifs is 1. The summed E-state index contributed by atoms with van der Waals surface area (Å²) in [4.78, 5) is 25.3. The summed E-state index contributed by atoms with van der Waals surface area (Å²) in [6.45, 7) is 4.52. The monoisotopic (exact) mass is 366 g/mol. The number of hydrogen-bond acceptors (Lipinski definition) is 5. The highest BCUT2D eigenvalue weighted by molar-refractivity contribution is 7.20. The zero-order valence-electron chi connectivity index (χ0n) is 14.9. The van der Waals surface area contributed by atoms with Gasteiger partial charge in [-0.1, -0.05) is 30.3 Å². The van der Waals surface area contributed by atoms with Gasteiger partial charge in [-0.25, -0.2) is 9.97 Å². The van der Waals surface area contributed by atoms with Gasteiger partial charge in [-0.05, 0) is 37.3 Å². The minimum atomic E-state index is 0.137. The maximum atomic E-state index is 12.8. The normalized spacial score (nSPS) is 14.1. The average molecular weight is 366 g/mol. The van der Waals surface area contributed by atoms with E-state index in [4.69, 9.17) is 0 Å². The number of thiophene rings is 1. The topological polar surface area (TPSA) is 58.1 Å². The van der Waals surface area contributed by atoms with Crippen molar-refractivity contribution in [2.75, 3.05) is 25.0 Å². The van der Waals surface area contributed by atoms with Crippen LogP contribution in [0.3, 0.4) is 0 Å². The van der Waals surface area contributed by atoms with E-state index in [2.05, 4.69) is 39.6 Å². The Morgan fingerprint density at radius 2 is 1.96 bits per heavy atom. The van der Waals surface area contributed by atoms with Gasteiger partial charge in [0.05, 0.1) is 10.3 Å². The molecule has 0 spiro atoms. The van der Waals surface area contributed by atoms with Gasteiger partial charge >= 0.3 is 0 Å². The Balaban J connectivity index is 1.56. The summed E-state index contributed by atoms with van der Waals surface area (Å²) in [5.41, 5.74) is 2.28. The van der Waals surface area contributed by atoms with Gasteiger partial charge in [-0.15, -0.1) is 11.3 Å². The van der Waals surface area contributed by atoms with Crippen molar-refractivity contribution in [1.82, 2.24) is 14.9 Å². The minimum absolute atomic E-state index is 0.137. The number of carbonyl (C=O) groups is 1. The van der Waals surface area contributed by atoms with Crippen molar-refractivity contribution in [3.05, 3.63) is 52.7 Å². The van der Waals surface area contributed by atoms with E-state index in [9.17, 15) is 4.79 Å². The van der Waals surface area contributed by atoms with Gasteiger partial charge in [-0.3, -0.25) is 4.79 Å². The molecule has 1 aliphatic rings. The molecule has 1 saturated heterocycles. The molecule has 1 aliphatic heterocycles. The Hall–Kier alpha value is -2.47. The number of anilines is 1. The standard InChI is InChI=1S/C20H22N4OS/c1-14-16-18(21-10-9-15-7-3-2-4-8-15)22-13-23-19(16)26-17(14)20(25)24-11-5-6-12-24/h2-4,7-8,13H,5-6,9-12H2,1H3,(H,21,22,23). The van der Waals surface area contributed by atoms with E-state index in [-0.39, 0.29) is 5.91 Å². The minimum Gasteiger partial charge on any atom is -0.369 e. The van der Waals surface area contributed by atoms with Crippen molar-refractivity contribution in [2.24, 2.45) is 0 Å². The number of likely N-dealkylation sites (tertiary alicyclic amines) is 1. The third kappa shape index (κ3) is 3.29. The zero-order chi connectivity index (χ0) is 17.9. The van der Waals surface area contributed by atoms with Crippen LogP contribution in [0.1, 0.15) is 33.6 Å². The molecule has 1 N–H and O–H groups in total. The second-order valence-corrected chi connectivity index (χ2v) is 7.62. The molecule has 26 heavy (non-hydrogen) atoms. The summed E-state index contributed by atoms with van der Waals surface area (Å²) in [5.74, 6) is 0.957. The first-order chi connectivity index (χ1) is 12.7. The number of amides is 1. The Morgan fingerprint density at radius 3 is 2.73 bits per heavy atom. The van der Waals surface area contributed by atoms with Crippen LogP contribution < -0.4 is 5.32 Å². The molecule has 0 bridgehead atoms. The van der Waals surface area contributed by atoms with Gasteiger partial charge in [0.1, 0.15) is 17.0 Å². The van der Waals surface area contributed by atoms with Crippen molar-refractivity contribution < 1.29 is 4.79 Å². The Labute approximate surface area is 157 Å². The molecule has 1 amide bonds. The summed E-state index contributed by atoms with van der Waals surface area (Å²) in [7, 11) is 0. The average Bonchev–Trinajstić information content (AvgIpc) is 3.31. The van der Waals surface area contributed by atoms with E-state index in [1.54, 1.807) is 6.33 Å². The van der Waals surface area contributed by atoms with Gasteiger partial charge in [0.15, 0.2) is 0 Å². The van der Waals surface area contributed by atoms with E-state index in [0.717, 1.165) is 65.4 Å². The Kier molecular flexibility index (Phi) is 4.84. The molecule has 0 aliphatic carbocycles. The molecule has 3 heterocycles. The molecule has 5 nitrogen and oxygen atoms in total. The van der Waals surface area contributed by atoms with Crippen LogP contribution in [-0.2, 0) is 6.42 Å². The van der Waals surface area contributed by atoms with Crippen LogP contribution in [0.15, 0.2) is 36.7 Å². The first-order valence-corrected chi connectivity index (χ1v) is 9.87. The smallest absolute Gasteiger partial charge is 0.264 e. The van der Waals surface area contributed by atoms with Crippen molar-refractivity contribution in [1.29, 1.82) is 0 Å². The summed E-state index contributed by atoms with van der Waals surface area (Å²) < 4.78 is 0. The molecule has 0 unspecified atom stereocenters.